The van der Waals surface area contributed by atoms with Crippen LogP contribution < -0.4 is 10.1 Å². The molecule has 2 aromatic carbocycles. The lowest BCUT2D eigenvalue weighted by Crippen LogP contribution is -2.51. The minimum Gasteiger partial charge on any atom is -0.484 e. The zero-order valence-electron chi connectivity index (χ0n) is 18.3. The quantitative estimate of drug-likeness (QED) is 0.633. The van der Waals surface area contributed by atoms with E-state index in [0.717, 1.165) is 36.8 Å². The van der Waals surface area contributed by atoms with Crippen LogP contribution in [0.1, 0.15) is 50.2 Å². The Bertz CT molecular complexity index is 896. The molecule has 1 saturated carbocycles. The number of rotatable bonds is 8. The van der Waals surface area contributed by atoms with Gasteiger partial charge in [0.2, 0.25) is 5.91 Å². The lowest BCUT2D eigenvalue weighted by molar-refractivity contribution is -0.142. The van der Waals surface area contributed by atoms with Crippen LogP contribution in [0.2, 0.25) is 5.02 Å². The van der Waals surface area contributed by atoms with E-state index in [9.17, 15) is 9.59 Å². The second-order valence-electron chi connectivity index (χ2n) is 8.28. The molecular weight excluding hydrogens is 412 g/mol. The maximum atomic E-state index is 13.1. The second kappa shape index (κ2) is 11.2. The van der Waals surface area contributed by atoms with Gasteiger partial charge in [-0.1, -0.05) is 55.1 Å². The number of aryl methyl sites for hydroxylation is 1. The third kappa shape index (κ3) is 7.00. The lowest BCUT2D eigenvalue weighted by Gasteiger charge is -2.31. The molecule has 0 spiro atoms. The van der Waals surface area contributed by atoms with Crippen LogP contribution in [-0.2, 0) is 16.1 Å². The molecule has 166 valence electrons. The molecule has 3 rings (SSSR count). The minimum atomic E-state index is -0.616. The molecule has 2 aromatic rings. The van der Waals surface area contributed by atoms with Crippen molar-refractivity contribution in [1.82, 2.24) is 10.2 Å². The molecule has 5 nitrogen and oxygen atoms in total. The molecule has 0 aromatic heterocycles. The summed E-state index contributed by atoms with van der Waals surface area (Å²) in [7, 11) is 0. The Morgan fingerprint density at radius 2 is 1.87 bits per heavy atom. The number of carbonyl (C=O) groups is 2. The molecule has 6 heteroatoms. The third-order valence-corrected chi connectivity index (χ3v) is 5.95. The average molecular weight is 443 g/mol. The van der Waals surface area contributed by atoms with Crippen molar-refractivity contribution in [3.05, 3.63) is 64.7 Å². The third-order valence-electron chi connectivity index (χ3n) is 5.71. The van der Waals surface area contributed by atoms with E-state index in [2.05, 4.69) is 5.32 Å². The van der Waals surface area contributed by atoms with Crippen LogP contribution in [0.3, 0.4) is 0 Å². The predicted molar refractivity (Wildman–Crippen MR) is 123 cm³/mol. The first-order valence-corrected chi connectivity index (χ1v) is 11.3. The van der Waals surface area contributed by atoms with E-state index in [1.54, 1.807) is 17.9 Å². The van der Waals surface area contributed by atoms with Gasteiger partial charge in [0.05, 0.1) is 0 Å². The van der Waals surface area contributed by atoms with E-state index < -0.39 is 6.04 Å². The van der Waals surface area contributed by atoms with E-state index in [-0.39, 0.29) is 31.0 Å². The Labute approximate surface area is 189 Å². The molecule has 0 aliphatic heterocycles. The Morgan fingerprint density at radius 3 is 2.58 bits per heavy atom. The van der Waals surface area contributed by atoms with Crippen molar-refractivity contribution in [2.75, 3.05) is 6.61 Å². The van der Waals surface area contributed by atoms with Gasteiger partial charge in [0.15, 0.2) is 6.61 Å². The van der Waals surface area contributed by atoms with Gasteiger partial charge in [-0.25, -0.2) is 0 Å². The number of hydrogen-bond acceptors (Lipinski definition) is 3. The Kier molecular flexibility index (Phi) is 8.35. The highest BCUT2D eigenvalue weighted by Gasteiger charge is 2.28. The van der Waals surface area contributed by atoms with Gasteiger partial charge < -0.3 is 15.0 Å². The fourth-order valence-corrected chi connectivity index (χ4v) is 4.13. The van der Waals surface area contributed by atoms with E-state index in [4.69, 9.17) is 16.3 Å². The van der Waals surface area contributed by atoms with Crippen LogP contribution in [0.15, 0.2) is 48.5 Å². The van der Waals surface area contributed by atoms with E-state index in [1.807, 2.05) is 49.4 Å². The van der Waals surface area contributed by atoms with Gasteiger partial charge in [-0.15, -0.1) is 0 Å². The van der Waals surface area contributed by atoms with E-state index in [0.29, 0.717) is 10.8 Å². The molecule has 1 unspecified atom stereocenters. The van der Waals surface area contributed by atoms with Gasteiger partial charge in [0, 0.05) is 17.6 Å². The summed E-state index contributed by atoms with van der Waals surface area (Å²) in [4.78, 5) is 27.6. The summed E-state index contributed by atoms with van der Waals surface area (Å²) in [6.45, 7) is 3.89. The van der Waals surface area contributed by atoms with Crippen LogP contribution in [0.25, 0.3) is 0 Å². The van der Waals surface area contributed by atoms with Gasteiger partial charge in [-0.05, 0) is 62.1 Å². The fourth-order valence-electron chi connectivity index (χ4n) is 3.92. The van der Waals surface area contributed by atoms with Gasteiger partial charge in [0.25, 0.3) is 5.91 Å². The molecule has 1 fully saturated rings. The normalized spacial score (nSPS) is 15.2. The Hall–Kier alpha value is -2.53. The Morgan fingerprint density at radius 1 is 1.13 bits per heavy atom. The summed E-state index contributed by atoms with van der Waals surface area (Å²) in [5.41, 5.74) is 1.93. The molecule has 0 radical (unpaired) electrons. The standard InChI is InChI=1S/C25H31ClN2O3/c1-18-8-6-13-23(14-18)31-17-24(29)28(16-20-9-7-10-21(26)15-20)19(2)25(30)27-22-11-4-3-5-12-22/h6-10,13-15,19,22H,3-5,11-12,16-17H2,1-2H3,(H,27,30). The van der Waals surface area contributed by atoms with Gasteiger partial charge >= 0.3 is 0 Å². The number of hydrogen-bond donors (Lipinski definition) is 1. The molecular formula is C25H31ClN2O3. The van der Waals surface area contributed by atoms with Crippen LogP contribution in [0.5, 0.6) is 5.75 Å². The number of nitrogens with zero attached hydrogens (tertiary/aromatic N) is 1. The lowest BCUT2D eigenvalue weighted by atomic mass is 9.95. The molecule has 1 N–H and O–H groups in total. The summed E-state index contributed by atoms with van der Waals surface area (Å²) in [5, 5.41) is 3.73. The van der Waals surface area contributed by atoms with Gasteiger partial charge in [-0.3, -0.25) is 9.59 Å². The topological polar surface area (TPSA) is 58.6 Å². The highest BCUT2D eigenvalue weighted by molar-refractivity contribution is 6.30. The van der Waals surface area contributed by atoms with Crippen molar-refractivity contribution < 1.29 is 14.3 Å². The molecule has 1 aliphatic carbocycles. The first-order chi connectivity index (χ1) is 14.9. The fraction of sp³-hybridized carbons (Fsp3) is 0.440. The van der Waals surface area contributed by atoms with Crippen molar-refractivity contribution in [3.63, 3.8) is 0 Å². The summed E-state index contributed by atoms with van der Waals surface area (Å²) >= 11 is 6.13. The Balaban J connectivity index is 1.70. The number of amides is 2. The number of ether oxygens (including phenoxy) is 1. The minimum absolute atomic E-state index is 0.127. The molecule has 0 heterocycles. The largest absolute Gasteiger partial charge is 0.484 e. The molecule has 0 bridgehead atoms. The maximum absolute atomic E-state index is 13.1. The molecule has 1 atom stereocenters. The SMILES string of the molecule is Cc1cccc(OCC(=O)N(Cc2cccc(Cl)c2)C(C)C(=O)NC2CCCCC2)c1. The first-order valence-electron chi connectivity index (χ1n) is 11.0. The number of halogens is 1. The smallest absolute Gasteiger partial charge is 0.261 e. The van der Waals surface area contributed by atoms with Crippen LogP contribution in [0, 0.1) is 6.92 Å². The van der Waals surface area contributed by atoms with E-state index >= 15 is 0 Å². The van der Waals surface area contributed by atoms with Gasteiger partial charge in [0.1, 0.15) is 11.8 Å². The second-order valence-corrected chi connectivity index (χ2v) is 8.71. The van der Waals surface area contributed by atoms with E-state index in [1.165, 1.54) is 6.42 Å². The van der Waals surface area contributed by atoms with Crippen LogP contribution in [0.4, 0.5) is 0 Å². The number of nitrogens with one attached hydrogen (secondary N) is 1. The van der Waals surface area contributed by atoms with Crippen molar-refractivity contribution >= 4 is 23.4 Å². The van der Waals surface area contributed by atoms with Crippen molar-refractivity contribution in [3.8, 4) is 5.75 Å². The summed E-state index contributed by atoms with van der Waals surface area (Å²) < 4.78 is 5.72. The maximum Gasteiger partial charge on any atom is 0.261 e. The highest BCUT2D eigenvalue weighted by Crippen LogP contribution is 2.19. The monoisotopic (exact) mass is 442 g/mol. The average Bonchev–Trinajstić information content (AvgIpc) is 2.76. The molecule has 0 saturated heterocycles. The van der Waals surface area contributed by atoms with Crippen LogP contribution >= 0.6 is 11.6 Å². The summed E-state index contributed by atoms with van der Waals surface area (Å²) in [5.74, 6) is 0.265. The number of benzene rings is 2. The van der Waals surface area contributed by atoms with Crippen molar-refractivity contribution in [2.24, 2.45) is 0 Å². The molecule has 1 aliphatic rings. The summed E-state index contributed by atoms with van der Waals surface area (Å²) in [6.07, 6.45) is 5.48. The predicted octanol–water partition coefficient (Wildman–Crippen LogP) is 4.89. The summed E-state index contributed by atoms with van der Waals surface area (Å²) in [6, 6.07) is 14.5. The highest BCUT2D eigenvalue weighted by atomic mass is 35.5. The number of carbonyl (C=O) groups excluding carboxylic acids is 2. The van der Waals surface area contributed by atoms with Crippen LogP contribution in [-0.4, -0.2) is 35.4 Å². The van der Waals surface area contributed by atoms with Crippen molar-refractivity contribution in [2.45, 2.75) is 64.6 Å². The van der Waals surface area contributed by atoms with Gasteiger partial charge in [-0.2, -0.15) is 0 Å². The van der Waals surface area contributed by atoms with Crippen molar-refractivity contribution in [1.29, 1.82) is 0 Å². The zero-order chi connectivity index (χ0) is 22.2. The zero-order valence-corrected chi connectivity index (χ0v) is 19.0. The molecule has 2 amide bonds. The molecule has 31 heavy (non-hydrogen) atoms. The first kappa shape index (κ1) is 23.1.